The Balaban J connectivity index is 1.61. The van der Waals surface area contributed by atoms with Crippen LogP contribution in [0.25, 0.3) is 10.8 Å². The molecule has 0 aliphatic heterocycles. The topological polar surface area (TPSA) is 133 Å². The number of aromatic hydroxyl groups is 2. The molecule has 35 heavy (non-hydrogen) atoms. The number of hydrogen-bond acceptors (Lipinski definition) is 8. The third-order valence-corrected chi connectivity index (χ3v) is 9.00. The summed E-state index contributed by atoms with van der Waals surface area (Å²) in [5.41, 5.74) is -5.04. The lowest BCUT2D eigenvalue weighted by atomic mass is 10.0. The largest absolute Gasteiger partial charge is 0.512 e. The van der Waals surface area contributed by atoms with Crippen molar-refractivity contribution in [2.24, 2.45) is 4.99 Å². The zero-order valence-corrected chi connectivity index (χ0v) is 20.2. The van der Waals surface area contributed by atoms with Crippen molar-refractivity contribution in [2.75, 3.05) is 11.5 Å². The van der Waals surface area contributed by atoms with Crippen LogP contribution in [0.5, 0.6) is 11.5 Å². The molecule has 0 heterocycles. The number of hydrogen-bond donors (Lipinski definition) is 3. The van der Waals surface area contributed by atoms with Gasteiger partial charge >= 0.3 is 15.5 Å². The van der Waals surface area contributed by atoms with Gasteiger partial charge in [-0.3, -0.25) is 4.99 Å². The van der Waals surface area contributed by atoms with Crippen molar-refractivity contribution in [3.8, 4) is 11.5 Å². The molecule has 0 saturated heterocycles. The normalized spacial score (nSPS) is 13.0. The number of alkyl halides is 3. The average molecular weight is 549 g/mol. The lowest BCUT2D eigenvalue weighted by molar-refractivity contribution is -0.0441. The first-order valence-corrected chi connectivity index (χ1v) is 13.9. The maximum Gasteiger partial charge on any atom is 0.512 e. The number of phenols is 2. The smallest absolute Gasteiger partial charge is 0.507 e. The summed E-state index contributed by atoms with van der Waals surface area (Å²) < 4.78 is 82.8. The van der Waals surface area contributed by atoms with Crippen LogP contribution in [0.4, 0.5) is 18.9 Å². The first kappa shape index (κ1) is 26.8. The molecule has 14 heteroatoms. The van der Waals surface area contributed by atoms with Crippen LogP contribution in [0.3, 0.4) is 0 Å². The molecule has 3 aromatic carbocycles. The quantitative estimate of drug-likeness (QED) is 0.207. The Hall–Kier alpha value is -2.81. The zero-order chi connectivity index (χ0) is 25.9. The van der Waals surface area contributed by atoms with E-state index in [2.05, 4.69) is 4.99 Å². The number of thioether (sulfide) groups is 1. The van der Waals surface area contributed by atoms with Crippen molar-refractivity contribution < 1.29 is 40.2 Å². The molecule has 3 N–H and O–H groups in total. The van der Waals surface area contributed by atoms with E-state index in [1.54, 1.807) is 12.1 Å². The summed E-state index contributed by atoms with van der Waals surface area (Å²) in [5.74, 6) is -0.875. The predicted octanol–water partition coefficient (Wildman–Crippen LogP) is 4.25. The Labute approximate surface area is 203 Å². The van der Waals surface area contributed by atoms with Gasteiger partial charge in [0.1, 0.15) is 17.2 Å². The van der Waals surface area contributed by atoms with E-state index in [0.717, 1.165) is 22.5 Å². The maximum absolute atomic E-state index is 12.3. The van der Waals surface area contributed by atoms with Crippen LogP contribution in [-0.4, -0.2) is 50.3 Å². The van der Waals surface area contributed by atoms with Gasteiger partial charge in [-0.2, -0.15) is 13.2 Å². The molecule has 3 rings (SSSR count). The maximum atomic E-state index is 12.3. The van der Waals surface area contributed by atoms with Crippen LogP contribution < -0.4 is 4.13 Å². The molecule has 3 aromatic rings. The molecule has 0 amide bonds. The van der Waals surface area contributed by atoms with E-state index in [1.165, 1.54) is 24.4 Å². The minimum absolute atomic E-state index is 0.0200. The van der Waals surface area contributed by atoms with E-state index in [9.17, 15) is 40.2 Å². The van der Waals surface area contributed by atoms with Crippen LogP contribution in [0.2, 0.25) is 0 Å². The van der Waals surface area contributed by atoms with Crippen molar-refractivity contribution in [3.63, 3.8) is 0 Å². The van der Waals surface area contributed by atoms with Gasteiger partial charge in [0.05, 0.1) is 5.75 Å². The van der Waals surface area contributed by atoms with Gasteiger partial charge in [-0.05, 0) is 47.2 Å². The van der Waals surface area contributed by atoms with Crippen molar-refractivity contribution in [3.05, 3.63) is 60.2 Å². The van der Waals surface area contributed by atoms with Crippen molar-refractivity contribution >= 4 is 54.5 Å². The number of rotatable bonds is 9. The highest BCUT2D eigenvalue weighted by Gasteiger charge is 2.48. The summed E-state index contributed by atoms with van der Waals surface area (Å²) in [6.07, 6.45) is 1.28. The highest BCUT2D eigenvalue weighted by molar-refractivity contribution is 8.05. The van der Waals surface area contributed by atoms with Gasteiger partial charge in [0.15, 0.2) is 0 Å². The Morgan fingerprint density at radius 1 is 0.971 bits per heavy atom. The molecular formula is C21H19F3N2O6S3. The fraction of sp³-hybridized carbons (Fsp3) is 0.190. The number of fused-ring (bicyclic) bond motifs is 1. The Morgan fingerprint density at radius 2 is 1.69 bits per heavy atom. The average Bonchev–Trinajstić information content (AvgIpc) is 2.75. The van der Waals surface area contributed by atoms with Gasteiger partial charge < -0.3 is 10.2 Å². The fourth-order valence-corrected chi connectivity index (χ4v) is 6.59. The number of halogens is 3. The molecular weight excluding hydrogens is 529 g/mol. The van der Waals surface area contributed by atoms with Gasteiger partial charge in [-0.15, -0.1) is 15.9 Å². The fourth-order valence-electron chi connectivity index (χ4n) is 2.95. The van der Waals surface area contributed by atoms with E-state index >= 15 is 0 Å². The molecule has 0 bridgehead atoms. The molecule has 0 spiro atoms. The minimum Gasteiger partial charge on any atom is -0.507 e. The van der Waals surface area contributed by atoms with Gasteiger partial charge in [0.25, 0.3) is 0 Å². The van der Waals surface area contributed by atoms with Crippen LogP contribution in [-0.2, 0) is 20.0 Å². The van der Waals surface area contributed by atoms with Gasteiger partial charge in [0.2, 0.25) is 10.0 Å². The standard InChI is InChI=1S/C21H19F3N2O6S3/c22-21(23,24)35(31,32)26-34(29,30)11-3-10-33-15-7-8-18(20(28)12-15)25-13-17-16-5-2-1-4-14(16)6-9-19(17)27/h1-2,4-9,12-13,26-28H,3,10-11H2. The summed E-state index contributed by atoms with van der Waals surface area (Å²) in [5, 5.41) is 22.1. The minimum atomic E-state index is -6.00. The van der Waals surface area contributed by atoms with E-state index in [4.69, 9.17) is 0 Å². The molecule has 0 fully saturated rings. The molecule has 0 aliphatic carbocycles. The zero-order valence-electron chi connectivity index (χ0n) is 17.7. The van der Waals surface area contributed by atoms with E-state index in [-0.39, 0.29) is 29.4 Å². The van der Waals surface area contributed by atoms with Crippen LogP contribution in [0, 0.1) is 0 Å². The molecule has 0 radical (unpaired) electrons. The van der Waals surface area contributed by atoms with Crippen LogP contribution in [0.15, 0.2) is 64.5 Å². The van der Waals surface area contributed by atoms with Crippen molar-refractivity contribution in [1.29, 1.82) is 0 Å². The molecule has 8 nitrogen and oxygen atoms in total. The second-order valence-electron chi connectivity index (χ2n) is 7.18. The first-order chi connectivity index (χ1) is 16.3. The third-order valence-electron chi connectivity index (χ3n) is 4.59. The molecule has 0 aliphatic rings. The molecule has 0 atom stereocenters. The summed E-state index contributed by atoms with van der Waals surface area (Å²) in [4.78, 5) is 4.76. The predicted molar refractivity (Wildman–Crippen MR) is 128 cm³/mol. The Morgan fingerprint density at radius 3 is 2.37 bits per heavy atom. The summed E-state index contributed by atoms with van der Waals surface area (Å²) in [6, 6.07) is 15.2. The SMILES string of the molecule is O=S(=O)(CCCSc1ccc(N=Cc2c(O)ccc3ccccc23)c(O)c1)NS(=O)(=O)C(F)(F)F. The molecule has 0 unspecified atom stereocenters. The number of nitrogens with zero attached hydrogens (tertiary/aromatic N) is 1. The van der Waals surface area contributed by atoms with E-state index in [1.807, 2.05) is 24.3 Å². The van der Waals surface area contributed by atoms with E-state index in [0.29, 0.717) is 14.6 Å². The lowest BCUT2D eigenvalue weighted by Gasteiger charge is -2.10. The van der Waals surface area contributed by atoms with Gasteiger partial charge in [-0.1, -0.05) is 30.3 Å². The molecule has 0 aromatic heterocycles. The van der Waals surface area contributed by atoms with Crippen LogP contribution >= 0.6 is 11.8 Å². The number of aliphatic imine (C=N–C) groups is 1. The second-order valence-corrected chi connectivity index (χ2v) is 12.1. The summed E-state index contributed by atoms with van der Waals surface area (Å²) in [7, 11) is -10.7. The summed E-state index contributed by atoms with van der Waals surface area (Å²) in [6.45, 7) is 0. The lowest BCUT2D eigenvalue weighted by Crippen LogP contribution is -2.41. The Bertz CT molecular complexity index is 1470. The monoisotopic (exact) mass is 548 g/mol. The second kappa shape index (κ2) is 10.4. The van der Waals surface area contributed by atoms with Gasteiger partial charge in [0, 0.05) is 16.7 Å². The molecule has 188 valence electrons. The molecule has 0 saturated carbocycles. The number of sulfonamides is 2. The highest BCUT2D eigenvalue weighted by Crippen LogP contribution is 2.33. The third kappa shape index (κ3) is 6.87. The number of nitrogens with one attached hydrogen (secondary N) is 1. The number of benzene rings is 3. The highest BCUT2D eigenvalue weighted by atomic mass is 32.3. The van der Waals surface area contributed by atoms with Gasteiger partial charge in [-0.25, -0.2) is 16.8 Å². The van der Waals surface area contributed by atoms with E-state index < -0.39 is 31.3 Å². The van der Waals surface area contributed by atoms with Crippen molar-refractivity contribution in [2.45, 2.75) is 16.8 Å². The number of phenolic OH excluding ortho intramolecular Hbond substituents is 2. The Kier molecular flexibility index (Phi) is 7.99. The summed E-state index contributed by atoms with van der Waals surface area (Å²) >= 11 is 1.11. The van der Waals surface area contributed by atoms with Crippen molar-refractivity contribution in [1.82, 2.24) is 4.13 Å². The first-order valence-electron chi connectivity index (χ1n) is 9.82. The van der Waals surface area contributed by atoms with Crippen LogP contribution in [0.1, 0.15) is 12.0 Å².